The number of piperazine rings is 1. The van der Waals surface area contributed by atoms with Gasteiger partial charge in [0.2, 0.25) is 5.96 Å². The molecule has 2 aliphatic rings. The van der Waals surface area contributed by atoms with Gasteiger partial charge < -0.3 is 15.1 Å². The number of halogens is 1. The van der Waals surface area contributed by atoms with Crippen molar-refractivity contribution in [1.82, 2.24) is 10.2 Å². The topological polar surface area (TPSA) is 65.0 Å². The maximum atomic E-state index is 12.5. The summed E-state index contributed by atoms with van der Waals surface area (Å²) in [6.07, 6.45) is 0.0412. The third-order valence-corrected chi connectivity index (χ3v) is 5.41. The summed E-state index contributed by atoms with van der Waals surface area (Å²) in [7, 11) is 0. The van der Waals surface area contributed by atoms with Crippen LogP contribution in [0.5, 0.6) is 0 Å². The second-order valence-corrected chi connectivity index (χ2v) is 7.29. The van der Waals surface area contributed by atoms with E-state index in [2.05, 4.69) is 32.2 Å². The van der Waals surface area contributed by atoms with Gasteiger partial charge in [-0.2, -0.15) is 4.99 Å². The number of amides is 1. The highest BCUT2D eigenvalue weighted by Gasteiger charge is 2.33. The van der Waals surface area contributed by atoms with Crippen molar-refractivity contribution in [3.63, 3.8) is 0 Å². The van der Waals surface area contributed by atoms with Gasteiger partial charge >= 0.3 is 0 Å². The minimum Gasteiger partial charge on any atom is -0.368 e. The van der Waals surface area contributed by atoms with Crippen molar-refractivity contribution in [2.45, 2.75) is 12.5 Å². The molecular formula is C21H21ClN4O2. The van der Waals surface area contributed by atoms with Crippen LogP contribution in [-0.4, -0.2) is 54.8 Å². The Labute approximate surface area is 168 Å². The molecule has 1 amide bonds. The second-order valence-electron chi connectivity index (χ2n) is 6.89. The number of hydrogen-bond donors (Lipinski definition) is 1. The number of benzene rings is 2. The van der Waals surface area contributed by atoms with Crippen LogP contribution in [0.25, 0.3) is 0 Å². The molecule has 1 saturated heterocycles. The maximum Gasteiger partial charge on any atom is 0.271 e. The first-order chi connectivity index (χ1) is 13.6. The molecule has 0 saturated carbocycles. The molecular weight excluding hydrogens is 376 g/mol. The monoisotopic (exact) mass is 396 g/mol. The lowest BCUT2D eigenvalue weighted by atomic mass is 10.0. The number of carbonyl (C=O) groups is 2. The highest BCUT2D eigenvalue weighted by molar-refractivity contribution is 6.34. The zero-order valence-corrected chi connectivity index (χ0v) is 16.1. The van der Waals surface area contributed by atoms with Crippen molar-refractivity contribution < 1.29 is 9.59 Å². The summed E-state index contributed by atoms with van der Waals surface area (Å²) in [5.74, 6) is 0.0948. The van der Waals surface area contributed by atoms with Crippen molar-refractivity contribution in [2.75, 3.05) is 31.1 Å². The molecule has 1 N–H and O–H groups in total. The van der Waals surface area contributed by atoms with Crippen molar-refractivity contribution in [3.8, 4) is 0 Å². The number of Topliss-reactive ketones (excluding diaryl/α,β-unsaturated/α-hetero) is 1. The van der Waals surface area contributed by atoms with Crippen molar-refractivity contribution >= 4 is 34.9 Å². The van der Waals surface area contributed by atoms with E-state index >= 15 is 0 Å². The van der Waals surface area contributed by atoms with E-state index in [0.717, 1.165) is 26.2 Å². The number of nitrogens with zero attached hydrogens (tertiary/aromatic N) is 3. The fourth-order valence-electron chi connectivity index (χ4n) is 3.53. The van der Waals surface area contributed by atoms with Crippen molar-refractivity contribution in [2.24, 2.45) is 4.99 Å². The van der Waals surface area contributed by atoms with E-state index in [1.807, 2.05) is 18.2 Å². The van der Waals surface area contributed by atoms with Gasteiger partial charge in [0.05, 0.1) is 5.02 Å². The number of hydrogen-bond acceptors (Lipinski definition) is 5. The molecule has 144 valence electrons. The van der Waals surface area contributed by atoms with Gasteiger partial charge in [-0.25, -0.2) is 0 Å². The SMILES string of the molecule is O=C(CC1NC(N2CCN(c3ccccc3)CC2)=NC1=O)c1ccccc1Cl. The predicted octanol–water partition coefficient (Wildman–Crippen LogP) is 2.59. The Morgan fingerprint density at radius 1 is 1.00 bits per heavy atom. The summed E-state index contributed by atoms with van der Waals surface area (Å²) in [5, 5.41) is 3.53. The minimum absolute atomic E-state index is 0.0412. The van der Waals surface area contributed by atoms with Crippen LogP contribution >= 0.6 is 11.6 Å². The van der Waals surface area contributed by atoms with E-state index in [4.69, 9.17) is 11.6 Å². The molecule has 6 nitrogen and oxygen atoms in total. The van der Waals surface area contributed by atoms with Gasteiger partial charge in [0, 0.05) is 43.9 Å². The van der Waals surface area contributed by atoms with E-state index in [-0.39, 0.29) is 18.1 Å². The highest BCUT2D eigenvalue weighted by Crippen LogP contribution is 2.20. The first kappa shape index (κ1) is 18.5. The first-order valence-corrected chi connectivity index (χ1v) is 9.71. The quantitative estimate of drug-likeness (QED) is 0.805. The molecule has 2 aromatic carbocycles. The zero-order valence-electron chi connectivity index (χ0n) is 15.3. The lowest BCUT2D eigenvalue weighted by Gasteiger charge is -2.37. The van der Waals surface area contributed by atoms with Gasteiger partial charge in [-0.15, -0.1) is 0 Å². The number of para-hydroxylation sites is 1. The number of guanidine groups is 1. The summed E-state index contributed by atoms with van der Waals surface area (Å²) >= 11 is 6.09. The van der Waals surface area contributed by atoms with Crippen LogP contribution < -0.4 is 10.2 Å². The molecule has 1 atom stereocenters. The van der Waals surface area contributed by atoms with Crippen LogP contribution in [0.1, 0.15) is 16.8 Å². The molecule has 1 unspecified atom stereocenters. The van der Waals surface area contributed by atoms with Crippen LogP contribution in [0.2, 0.25) is 5.02 Å². The Balaban J connectivity index is 1.34. The fraction of sp³-hybridized carbons (Fsp3) is 0.286. The lowest BCUT2D eigenvalue weighted by Crippen LogP contribution is -2.52. The Bertz CT molecular complexity index is 908. The predicted molar refractivity (Wildman–Crippen MR) is 110 cm³/mol. The van der Waals surface area contributed by atoms with E-state index in [1.165, 1.54) is 5.69 Å². The van der Waals surface area contributed by atoms with E-state index in [9.17, 15) is 9.59 Å². The molecule has 0 aromatic heterocycles. The van der Waals surface area contributed by atoms with E-state index in [0.29, 0.717) is 16.5 Å². The third-order valence-electron chi connectivity index (χ3n) is 5.08. The molecule has 0 spiro atoms. The zero-order chi connectivity index (χ0) is 19.5. The van der Waals surface area contributed by atoms with Crippen LogP contribution in [-0.2, 0) is 4.79 Å². The molecule has 28 heavy (non-hydrogen) atoms. The molecule has 4 rings (SSSR count). The van der Waals surface area contributed by atoms with Crippen LogP contribution in [0.3, 0.4) is 0 Å². The summed E-state index contributed by atoms with van der Waals surface area (Å²) in [6.45, 7) is 3.22. The largest absolute Gasteiger partial charge is 0.368 e. The van der Waals surface area contributed by atoms with Gasteiger partial charge in [-0.1, -0.05) is 41.9 Å². The Hall–Kier alpha value is -2.86. The summed E-state index contributed by atoms with van der Waals surface area (Å²) < 4.78 is 0. The smallest absolute Gasteiger partial charge is 0.271 e. The summed E-state index contributed by atoms with van der Waals surface area (Å²) in [5.41, 5.74) is 1.63. The number of aliphatic imine (C=N–C) groups is 1. The van der Waals surface area contributed by atoms with Gasteiger partial charge in [-0.05, 0) is 24.3 Å². The van der Waals surface area contributed by atoms with Crippen LogP contribution in [0.15, 0.2) is 59.6 Å². The Morgan fingerprint density at radius 2 is 1.64 bits per heavy atom. The van der Waals surface area contributed by atoms with Crippen molar-refractivity contribution in [3.05, 3.63) is 65.2 Å². The van der Waals surface area contributed by atoms with Gasteiger partial charge in [-0.3, -0.25) is 9.59 Å². The first-order valence-electron chi connectivity index (χ1n) is 9.33. The summed E-state index contributed by atoms with van der Waals surface area (Å²) in [4.78, 5) is 33.3. The average molecular weight is 397 g/mol. The molecule has 0 bridgehead atoms. The molecule has 2 heterocycles. The van der Waals surface area contributed by atoms with Crippen molar-refractivity contribution in [1.29, 1.82) is 0 Å². The average Bonchev–Trinajstić information content (AvgIpc) is 3.09. The number of carbonyl (C=O) groups excluding carboxylic acids is 2. The van der Waals surface area contributed by atoms with Gasteiger partial charge in [0.1, 0.15) is 6.04 Å². The second kappa shape index (κ2) is 8.02. The van der Waals surface area contributed by atoms with E-state index < -0.39 is 6.04 Å². The standard InChI is InChI=1S/C21H21ClN4O2/c22-17-9-5-4-8-16(17)19(27)14-18-20(28)24-21(23-18)26-12-10-25(11-13-26)15-6-2-1-3-7-15/h1-9,18H,10-14H2,(H,23,24,28). The van der Waals surface area contributed by atoms with Crippen LogP contribution in [0.4, 0.5) is 5.69 Å². The van der Waals surface area contributed by atoms with Gasteiger partial charge in [0.15, 0.2) is 5.78 Å². The minimum atomic E-state index is -0.633. The number of anilines is 1. The fourth-order valence-corrected chi connectivity index (χ4v) is 3.77. The molecule has 2 aliphatic heterocycles. The van der Waals surface area contributed by atoms with E-state index in [1.54, 1.807) is 24.3 Å². The normalized spacial score (nSPS) is 19.4. The number of nitrogens with one attached hydrogen (secondary N) is 1. The lowest BCUT2D eigenvalue weighted by molar-refractivity contribution is -0.118. The maximum absolute atomic E-state index is 12.5. The Kier molecular flexibility index (Phi) is 5.30. The number of rotatable bonds is 4. The third kappa shape index (κ3) is 3.87. The van der Waals surface area contributed by atoms with Crippen LogP contribution in [0, 0.1) is 0 Å². The summed E-state index contributed by atoms with van der Waals surface area (Å²) in [6, 6.07) is 16.5. The highest BCUT2D eigenvalue weighted by atomic mass is 35.5. The molecule has 1 fully saturated rings. The molecule has 0 radical (unpaired) electrons. The van der Waals surface area contributed by atoms with Gasteiger partial charge in [0.25, 0.3) is 5.91 Å². The molecule has 2 aromatic rings. The Morgan fingerprint density at radius 3 is 2.36 bits per heavy atom. The molecule has 7 heteroatoms. The number of ketones is 1. The molecule has 0 aliphatic carbocycles.